The van der Waals surface area contributed by atoms with Crippen LogP contribution >= 0.6 is 0 Å². The van der Waals surface area contributed by atoms with Crippen LogP contribution in [0.5, 0.6) is 0 Å². The SMILES string of the molecule is CCCCCCNC(=O)CN1C(=O)NC(C)(c2cc(C)oc2C)C1=O. The van der Waals surface area contributed by atoms with Crippen LogP contribution in [0.15, 0.2) is 10.5 Å². The summed E-state index contributed by atoms with van der Waals surface area (Å²) in [6.45, 7) is 7.57. The van der Waals surface area contributed by atoms with Crippen LogP contribution in [0.2, 0.25) is 0 Å². The molecule has 1 aliphatic heterocycles. The maximum absolute atomic E-state index is 12.8. The van der Waals surface area contributed by atoms with Crippen LogP contribution in [-0.2, 0) is 15.1 Å². The second-order valence-corrected chi connectivity index (χ2v) is 6.68. The fourth-order valence-electron chi connectivity index (χ4n) is 3.13. The van der Waals surface area contributed by atoms with Crippen LogP contribution in [-0.4, -0.2) is 35.8 Å². The molecule has 0 aromatic carbocycles. The quantitative estimate of drug-likeness (QED) is 0.557. The van der Waals surface area contributed by atoms with Crippen LogP contribution in [0.25, 0.3) is 0 Å². The van der Waals surface area contributed by atoms with Crippen molar-refractivity contribution in [2.45, 2.75) is 58.9 Å². The fourth-order valence-corrected chi connectivity index (χ4v) is 3.13. The van der Waals surface area contributed by atoms with Gasteiger partial charge in [0.25, 0.3) is 5.91 Å². The first-order chi connectivity index (χ1) is 11.8. The van der Waals surface area contributed by atoms with E-state index in [2.05, 4.69) is 17.6 Å². The third-order valence-corrected chi connectivity index (χ3v) is 4.51. The van der Waals surface area contributed by atoms with Gasteiger partial charge in [0.1, 0.15) is 23.6 Å². The molecule has 1 unspecified atom stereocenters. The molecule has 1 aromatic rings. The Balaban J connectivity index is 1.99. The van der Waals surface area contributed by atoms with Crippen LogP contribution < -0.4 is 10.6 Å². The highest BCUT2D eigenvalue weighted by Crippen LogP contribution is 2.32. The molecule has 7 nitrogen and oxygen atoms in total. The highest BCUT2D eigenvalue weighted by atomic mass is 16.3. The van der Waals surface area contributed by atoms with Gasteiger partial charge in [0.2, 0.25) is 5.91 Å². The van der Waals surface area contributed by atoms with E-state index in [9.17, 15) is 14.4 Å². The Hall–Kier alpha value is -2.31. The number of furan rings is 1. The second-order valence-electron chi connectivity index (χ2n) is 6.68. The zero-order valence-corrected chi connectivity index (χ0v) is 15.4. The van der Waals surface area contributed by atoms with Gasteiger partial charge in [0.05, 0.1) is 0 Å². The van der Waals surface area contributed by atoms with Gasteiger partial charge in [-0.2, -0.15) is 0 Å². The van der Waals surface area contributed by atoms with Crippen LogP contribution in [0, 0.1) is 13.8 Å². The Labute approximate surface area is 148 Å². The second kappa shape index (κ2) is 7.72. The molecule has 1 aliphatic rings. The van der Waals surface area contributed by atoms with Gasteiger partial charge in [-0.05, 0) is 33.3 Å². The van der Waals surface area contributed by atoms with Gasteiger partial charge in [-0.25, -0.2) is 4.79 Å². The van der Waals surface area contributed by atoms with E-state index >= 15 is 0 Å². The number of hydrogen-bond donors (Lipinski definition) is 2. The predicted molar refractivity (Wildman–Crippen MR) is 92.9 cm³/mol. The summed E-state index contributed by atoms with van der Waals surface area (Å²) in [5, 5.41) is 5.45. The Morgan fingerprint density at radius 2 is 2.00 bits per heavy atom. The number of hydrogen-bond acceptors (Lipinski definition) is 4. The Bertz CT molecular complexity index is 667. The van der Waals surface area contributed by atoms with E-state index in [1.165, 1.54) is 0 Å². The van der Waals surface area contributed by atoms with Gasteiger partial charge in [0, 0.05) is 12.1 Å². The van der Waals surface area contributed by atoms with Gasteiger partial charge < -0.3 is 15.1 Å². The molecule has 1 fully saturated rings. The van der Waals surface area contributed by atoms with E-state index in [0.717, 1.165) is 30.6 Å². The number of nitrogens with one attached hydrogen (secondary N) is 2. The van der Waals surface area contributed by atoms with Gasteiger partial charge >= 0.3 is 6.03 Å². The van der Waals surface area contributed by atoms with Crippen molar-refractivity contribution >= 4 is 17.8 Å². The summed E-state index contributed by atoms with van der Waals surface area (Å²) < 4.78 is 5.48. The van der Waals surface area contributed by atoms with Crippen LogP contribution in [0.3, 0.4) is 0 Å². The summed E-state index contributed by atoms with van der Waals surface area (Å²) in [4.78, 5) is 38.0. The van der Waals surface area contributed by atoms with Crippen molar-refractivity contribution in [3.63, 3.8) is 0 Å². The molecule has 2 rings (SSSR count). The van der Waals surface area contributed by atoms with Gasteiger partial charge in [-0.1, -0.05) is 26.2 Å². The van der Waals surface area contributed by atoms with Gasteiger partial charge in [0.15, 0.2) is 0 Å². The monoisotopic (exact) mass is 349 g/mol. The summed E-state index contributed by atoms with van der Waals surface area (Å²) in [6.07, 6.45) is 4.20. The lowest BCUT2D eigenvalue weighted by Gasteiger charge is -2.21. The molecule has 0 radical (unpaired) electrons. The normalized spacial score (nSPS) is 20.1. The summed E-state index contributed by atoms with van der Waals surface area (Å²) in [6, 6.07) is 1.18. The number of imide groups is 1. The smallest absolute Gasteiger partial charge is 0.325 e. The molecule has 0 bridgehead atoms. The number of amides is 4. The first-order valence-corrected chi connectivity index (χ1v) is 8.78. The maximum Gasteiger partial charge on any atom is 0.325 e. The molecule has 1 atom stereocenters. The van der Waals surface area contributed by atoms with Crippen LogP contribution in [0.4, 0.5) is 4.79 Å². The van der Waals surface area contributed by atoms with Crippen molar-refractivity contribution < 1.29 is 18.8 Å². The largest absolute Gasteiger partial charge is 0.466 e. The van der Waals surface area contributed by atoms with Crippen molar-refractivity contribution in [3.05, 3.63) is 23.2 Å². The standard InChI is InChI=1S/C18H27N3O4/c1-5-6-7-8-9-19-15(22)11-21-16(23)18(4,20-17(21)24)14-10-12(2)25-13(14)3/h10H,5-9,11H2,1-4H3,(H,19,22)(H,20,24). The molecular weight excluding hydrogens is 322 g/mol. The molecule has 4 amide bonds. The van der Waals surface area contributed by atoms with E-state index in [1.54, 1.807) is 26.8 Å². The minimum Gasteiger partial charge on any atom is -0.466 e. The van der Waals surface area contributed by atoms with E-state index in [-0.39, 0.29) is 12.5 Å². The molecule has 2 N–H and O–H groups in total. The zero-order valence-electron chi connectivity index (χ0n) is 15.4. The van der Waals surface area contributed by atoms with Crippen molar-refractivity contribution in [3.8, 4) is 0 Å². The number of urea groups is 1. The Kier molecular flexibility index (Phi) is 5.87. The van der Waals surface area contributed by atoms with E-state index < -0.39 is 17.5 Å². The number of carbonyl (C=O) groups excluding carboxylic acids is 3. The van der Waals surface area contributed by atoms with Gasteiger partial charge in [-0.15, -0.1) is 0 Å². The Morgan fingerprint density at radius 1 is 1.28 bits per heavy atom. The molecule has 2 heterocycles. The van der Waals surface area contributed by atoms with Crippen molar-refractivity contribution in [1.29, 1.82) is 0 Å². The maximum atomic E-state index is 12.8. The third kappa shape index (κ3) is 4.03. The molecule has 0 saturated carbocycles. The minimum atomic E-state index is -1.21. The number of nitrogens with zero attached hydrogens (tertiary/aromatic N) is 1. The third-order valence-electron chi connectivity index (χ3n) is 4.51. The highest BCUT2D eigenvalue weighted by molar-refractivity contribution is 6.09. The topological polar surface area (TPSA) is 91.7 Å². The highest BCUT2D eigenvalue weighted by Gasteiger charge is 2.50. The summed E-state index contributed by atoms with van der Waals surface area (Å²) in [5.74, 6) is 0.474. The van der Waals surface area contributed by atoms with Crippen molar-refractivity contribution in [2.24, 2.45) is 0 Å². The molecule has 0 aliphatic carbocycles. The number of aryl methyl sites for hydroxylation is 2. The van der Waals surface area contributed by atoms with E-state index in [4.69, 9.17) is 4.42 Å². The number of carbonyl (C=O) groups is 3. The van der Waals surface area contributed by atoms with Crippen molar-refractivity contribution in [2.75, 3.05) is 13.1 Å². The van der Waals surface area contributed by atoms with Crippen molar-refractivity contribution in [1.82, 2.24) is 15.5 Å². The number of rotatable bonds is 8. The average molecular weight is 349 g/mol. The molecule has 25 heavy (non-hydrogen) atoms. The lowest BCUT2D eigenvalue weighted by atomic mass is 9.92. The number of unbranched alkanes of at least 4 members (excludes halogenated alkanes) is 3. The summed E-state index contributed by atoms with van der Waals surface area (Å²) in [7, 11) is 0. The molecule has 138 valence electrons. The zero-order chi connectivity index (χ0) is 18.6. The van der Waals surface area contributed by atoms with E-state index in [1.807, 2.05) is 0 Å². The van der Waals surface area contributed by atoms with E-state index in [0.29, 0.717) is 23.6 Å². The molecular formula is C18H27N3O4. The minimum absolute atomic E-state index is 0.274. The summed E-state index contributed by atoms with van der Waals surface area (Å²) >= 11 is 0. The lowest BCUT2D eigenvalue weighted by molar-refractivity contribution is -0.134. The molecule has 0 spiro atoms. The lowest BCUT2D eigenvalue weighted by Crippen LogP contribution is -2.43. The first-order valence-electron chi connectivity index (χ1n) is 8.78. The van der Waals surface area contributed by atoms with Crippen LogP contribution in [0.1, 0.15) is 56.6 Å². The molecule has 7 heteroatoms. The fraction of sp³-hybridized carbons (Fsp3) is 0.611. The first kappa shape index (κ1) is 19.0. The molecule has 1 saturated heterocycles. The molecule has 1 aromatic heterocycles. The predicted octanol–water partition coefficient (Wildman–Crippen LogP) is 2.36. The summed E-state index contributed by atoms with van der Waals surface area (Å²) in [5.41, 5.74) is -0.591. The average Bonchev–Trinajstić information content (AvgIpc) is 2.99. The van der Waals surface area contributed by atoms with Gasteiger partial charge in [-0.3, -0.25) is 14.5 Å². The Morgan fingerprint density at radius 3 is 2.60 bits per heavy atom.